The summed E-state index contributed by atoms with van der Waals surface area (Å²) in [7, 11) is 0. The number of hydrogen-bond acceptors (Lipinski definition) is 2. The van der Waals surface area contributed by atoms with Crippen molar-refractivity contribution in [1.82, 2.24) is 5.32 Å². The van der Waals surface area contributed by atoms with Crippen LogP contribution in [0.1, 0.15) is 25.7 Å². The highest BCUT2D eigenvalue weighted by atomic mass is 16.1. The van der Waals surface area contributed by atoms with E-state index in [-0.39, 0.29) is 5.91 Å². The van der Waals surface area contributed by atoms with E-state index in [1.807, 2.05) is 6.08 Å². The molecular weight excluding hydrogens is 152 g/mol. The molecule has 3 nitrogen and oxygen atoms in total. The van der Waals surface area contributed by atoms with Gasteiger partial charge in [-0.2, -0.15) is 0 Å². The molecule has 70 valence electrons. The lowest BCUT2D eigenvalue weighted by atomic mass is 10.2. The second kappa shape index (κ2) is 8.27. The Labute approximate surface area is 74.0 Å². The number of nitrogens with two attached hydrogens (primary N) is 1. The number of amides is 1. The summed E-state index contributed by atoms with van der Waals surface area (Å²) in [6, 6.07) is 0. The summed E-state index contributed by atoms with van der Waals surface area (Å²) in [5, 5.41) is 3.24. The first-order valence-electron chi connectivity index (χ1n) is 4.37. The monoisotopic (exact) mass is 170 g/mol. The molecule has 1 amide bonds. The van der Waals surface area contributed by atoms with Crippen LogP contribution in [0.4, 0.5) is 0 Å². The largest absolute Gasteiger partial charge is 0.370 e. The summed E-state index contributed by atoms with van der Waals surface area (Å²) in [4.78, 5) is 10.3. The van der Waals surface area contributed by atoms with Gasteiger partial charge in [-0.25, -0.2) is 0 Å². The van der Waals surface area contributed by atoms with Gasteiger partial charge in [-0.3, -0.25) is 4.79 Å². The van der Waals surface area contributed by atoms with Gasteiger partial charge in [0.2, 0.25) is 5.91 Å². The number of unbranched alkanes of at least 4 members (excludes halogenated alkanes) is 1. The lowest BCUT2D eigenvalue weighted by Gasteiger charge is -2.00. The van der Waals surface area contributed by atoms with Crippen molar-refractivity contribution in [2.75, 3.05) is 13.1 Å². The molecule has 0 aliphatic carbocycles. The van der Waals surface area contributed by atoms with E-state index in [2.05, 4.69) is 11.9 Å². The van der Waals surface area contributed by atoms with Gasteiger partial charge in [0.05, 0.1) is 0 Å². The molecule has 0 heterocycles. The first-order chi connectivity index (χ1) is 5.77. The third-order valence-electron chi connectivity index (χ3n) is 1.55. The molecule has 0 saturated heterocycles. The number of carbonyl (C=O) groups excluding carboxylic acids is 1. The molecular formula is C9H18N2O. The highest BCUT2D eigenvalue weighted by Gasteiger charge is 1.92. The van der Waals surface area contributed by atoms with Crippen LogP contribution in [0.3, 0.4) is 0 Å². The summed E-state index contributed by atoms with van der Waals surface area (Å²) >= 11 is 0. The summed E-state index contributed by atoms with van der Waals surface area (Å²) in [6.07, 6.45) is 5.28. The van der Waals surface area contributed by atoms with Crippen LogP contribution in [0.5, 0.6) is 0 Å². The standard InChI is InChI=1S/C9H18N2O/c1-2-3-7-11-8-5-4-6-9(10)12/h2,11H,1,3-8H2,(H2,10,12). The molecule has 0 atom stereocenters. The predicted molar refractivity (Wildman–Crippen MR) is 50.7 cm³/mol. The first-order valence-corrected chi connectivity index (χ1v) is 4.37. The Bertz CT molecular complexity index is 134. The maximum atomic E-state index is 10.3. The number of carbonyl (C=O) groups is 1. The minimum absolute atomic E-state index is 0.207. The lowest BCUT2D eigenvalue weighted by Crippen LogP contribution is -2.17. The minimum Gasteiger partial charge on any atom is -0.370 e. The van der Waals surface area contributed by atoms with Crippen molar-refractivity contribution in [3.8, 4) is 0 Å². The van der Waals surface area contributed by atoms with Gasteiger partial charge in [0.15, 0.2) is 0 Å². The average molecular weight is 170 g/mol. The number of rotatable bonds is 8. The Morgan fingerprint density at radius 2 is 2.17 bits per heavy atom. The Balaban J connectivity index is 2.90. The van der Waals surface area contributed by atoms with E-state index in [1.165, 1.54) is 0 Å². The lowest BCUT2D eigenvalue weighted by molar-refractivity contribution is -0.118. The van der Waals surface area contributed by atoms with Gasteiger partial charge in [-0.1, -0.05) is 6.08 Å². The van der Waals surface area contributed by atoms with Crippen molar-refractivity contribution in [3.05, 3.63) is 12.7 Å². The molecule has 0 aliphatic heterocycles. The molecule has 0 saturated carbocycles. The summed E-state index contributed by atoms with van der Waals surface area (Å²) in [5.41, 5.74) is 4.98. The summed E-state index contributed by atoms with van der Waals surface area (Å²) < 4.78 is 0. The first kappa shape index (κ1) is 11.2. The van der Waals surface area contributed by atoms with E-state index in [1.54, 1.807) is 0 Å². The maximum Gasteiger partial charge on any atom is 0.217 e. The maximum absolute atomic E-state index is 10.3. The topological polar surface area (TPSA) is 55.1 Å². The van der Waals surface area contributed by atoms with E-state index in [0.717, 1.165) is 32.4 Å². The molecule has 0 aromatic rings. The Morgan fingerprint density at radius 1 is 1.42 bits per heavy atom. The molecule has 0 fully saturated rings. The Kier molecular flexibility index (Phi) is 7.70. The van der Waals surface area contributed by atoms with E-state index in [0.29, 0.717) is 6.42 Å². The number of primary amides is 1. The van der Waals surface area contributed by atoms with E-state index < -0.39 is 0 Å². The zero-order valence-corrected chi connectivity index (χ0v) is 7.51. The third kappa shape index (κ3) is 9.17. The molecule has 0 aromatic carbocycles. The van der Waals surface area contributed by atoms with Gasteiger partial charge in [-0.05, 0) is 32.4 Å². The minimum atomic E-state index is -0.207. The number of hydrogen-bond donors (Lipinski definition) is 2. The second-order valence-corrected chi connectivity index (χ2v) is 2.75. The fourth-order valence-electron chi connectivity index (χ4n) is 0.878. The molecule has 3 heteroatoms. The second-order valence-electron chi connectivity index (χ2n) is 2.75. The van der Waals surface area contributed by atoms with E-state index >= 15 is 0 Å². The molecule has 0 bridgehead atoms. The van der Waals surface area contributed by atoms with Crippen LogP contribution < -0.4 is 11.1 Å². The zero-order valence-electron chi connectivity index (χ0n) is 7.51. The highest BCUT2D eigenvalue weighted by Crippen LogP contribution is 1.92. The van der Waals surface area contributed by atoms with Crippen LogP contribution >= 0.6 is 0 Å². The predicted octanol–water partition coefficient (Wildman–Crippen LogP) is 0.808. The number of nitrogens with one attached hydrogen (secondary N) is 1. The van der Waals surface area contributed by atoms with Crippen LogP contribution in [0.15, 0.2) is 12.7 Å². The van der Waals surface area contributed by atoms with Gasteiger partial charge >= 0.3 is 0 Å². The Morgan fingerprint density at radius 3 is 2.75 bits per heavy atom. The summed E-state index contributed by atoms with van der Waals surface area (Å²) in [6.45, 7) is 5.55. The van der Waals surface area contributed by atoms with Crippen LogP contribution in [0.2, 0.25) is 0 Å². The van der Waals surface area contributed by atoms with E-state index in [4.69, 9.17) is 5.73 Å². The van der Waals surface area contributed by atoms with Crippen molar-refractivity contribution >= 4 is 5.91 Å². The van der Waals surface area contributed by atoms with Crippen LogP contribution in [-0.4, -0.2) is 19.0 Å². The molecule has 0 aromatic heterocycles. The van der Waals surface area contributed by atoms with Gasteiger partial charge < -0.3 is 11.1 Å². The third-order valence-corrected chi connectivity index (χ3v) is 1.55. The van der Waals surface area contributed by atoms with Crippen LogP contribution in [0, 0.1) is 0 Å². The average Bonchev–Trinajstić information content (AvgIpc) is 2.02. The molecule has 3 N–H and O–H groups in total. The quantitative estimate of drug-likeness (QED) is 0.418. The fourth-order valence-corrected chi connectivity index (χ4v) is 0.878. The van der Waals surface area contributed by atoms with Crippen LogP contribution in [0.25, 0.3) is 0 Å². The SMILES string of the molecule is C=CCCNCCCCC(N)=O. The van der Waals surface area contributed by atoms with Crippen LogP contribution in [-0.2, 0) is 4.79 Å². The summed E-state index contributed by atoms with van der Waals surface area (Å²) in [5.74, 6) is -0.207. The van der Waals surface area contributed by atoms with Gasteiger partial charge in [-0.15, -0.1) is 6.58 Å². The smallest absolute Gasteiger partial charge is 0.217 e. The van der Waals surface area contributed by atoms with Crippen molar-refractivity contribution in [2.45, 2.75) is 25.7 Å². The molecule has 0 spiro atoms. The normalized spacial score (nSPS) is 9.67. The van der Waals surface area contributed by atoms with Gasteiger partial charge in [0.1, 0.15) is 0 Å². The zero-order chi connectivity index (χ0) is 9.23. The molecule has 0 aliphatic rings. The highest BCUT2D eigenvalue weighted by molar-refractivity contribution is 5.73. The fraction of sp³-hybridized carbons (Fsp3) is 0.667. The Hall–Kier alpha value is -0.830. The van der Waals surface area contributed by atoms with Crippen molar-refractivity contribution in [3.63, 3.8) is 0 Å². The van der Waals surface area contributed by atoms with E-state index in [9.17, 15) is 4.79 Å². The molecule has 0 rings (SSSR count). The van der Waals surface area contributed by atoms with Gasteiger partial charge in [0.25, 0.3) is 0 Å². The van der Waals surface area contributed by atoms with Crippen molar-refractivity contribution in [1.29, 1.82) is 0 Å². The molecule has 0 radical (unpaired) electrons. The van der Waals surface area contributed by atoms with Gasteiger partial charge in [0, 0.05) is 6.42 Å². The van der Waals surface area contributed by atoms with Crippen molar-refractivity contribution < 1.29 is 4.79 Å². The molecule has 12 heavy (non-hydrogen) atoms. The molecule has 0 unspecified atom stereocenters. The van der Waals surface area contributed by atoms with Crippen molar-refractivity contribution in [2.24, 2.45) is 5.73 Å².